The minimum Gasteiger partial charge on any atom is -0.366 e. The van der Waals surface area contributed by atoms with Crippen LogP contribution in [0.2, 0.25) is 0 Å². The number of carbonyl (C=O) groups is 1. The van der Waals surface area contributed by atoms with Gasteiger partial charge in [-0.05, 0) is 36.6 Å². The molecular formula is C13H18BrN3O3S. The first kappa shape index (κ1) is 16.4. The molecule has 1 aromatic carbocycles. The van der Waals surface area contributed by atoms with Crippen molar-refractivity contribution in [2.24, 2.45) is 16.9 Å². The van der Waals surface area contributed by atoms with E-state index in [1.807, 2.05) is 6.92 Å². The van der Waals surface area contributed by atoms with Crippen LogP contribution in [0.25, 0.3) is 0 Å². The molecule has 0 aliphatic carbocycles. The number of nitrogens with two attached hydrogens (primary N) is 2. The van der Waals surface area contributed by atoms with E-state index in [2.05, 4.69) is 15.9 Å². The largest absolute Gasteiger partial charge is 0.366 e. The van der Waals surface area contributed by atoms with E-state index in [1.165, 1.54) is 22.5 Å². The number of amides is 1. The molecule has 1 atom stereocenters. The Labute approximate surface area is 132 Å². The summed E-state index contributed by atoms with van der Waals surface area (Å²) in [6, 6.07) is 4.27. The van der Waals surface area contributed by atoms with E-state index in [-0.39, 0.29) is 15.9 Å². The van der Waals surface area contributed by atoms with E-state index in [0.29, 0.717) is 24.1 Å². The summed E-state index contributed by atoms with van der Waals surface area (Å²) in [7, 11) is -3.66. The third-order valence-electron chi connectivity index (χ3n) is 3.81. The van der Waals surface area contributed by atoms with Gasteiger partial charge in [-0.3, -0.25) is 4.79 Å². The SMILES string of the molecule is CC1(CN)CCN(S(=O)(=O)c2cc(Br)cc(C(N)=O)c2)C1. The summed E-state index contributed by atoms with van der Waals surface area (Å²) >= 11 is 3.21. The Balaban J connectivity index is 2.39. The van der Waals surface area contributed by atoms with Crippen LogP contribution in [0.5, 0.6) is 0 Å². The summed E-state index contributed by atoms with van der Waals surface area (Å²) in [6.07, 6.45) is 0.722. The molecule has 0 aromatic heterocycles. The van der Waals surface area contributed by atoms with E-state index in [4.69, 9.17) is 11.5 Å². The first-order chi connectivity index (χ1) is 9.68. The first-order valence-corrected chi connectivity index (χ1v) is 8.72. The van der Waals surface area contributed by atoms with Gasteiger partial charge in [0.25, 0.3) is 0 Å². The Hall–Kier alpha value is -0.960. The van der Waals surface area contributed by atoms with Gasteiger partial charge in [0, 0.05) is 23.1 Å². The molecule has 1 unspecified atom stereocenters. The zero-order chi connectivity index (χ0) is 15.8. The summed E-state index contributed by atoms with van der Waals surface area (Å²) in [5.74, 6) is -0.666. The lowest BCUT2D eigenvalue weighted by atomic mass is 9.90. The highest BCUT2D eigenvalue weighted by Gasteiger charge is 2.39. The predicted octanol–water partition coefficient (Wildman–Crippen LogP) is 0.907. The van der Waals surface area contributed by atoms with E-state index in [1.54, 1.807) is 0 Å². The molecule has 1 heterocycles. The third-order valence-corrected chi connectivity index (χ3v) is 6.09. The van der Waals surface area contributed by atoms with Crippen molar-refractivity contribution in [3.63, 3.8) is 0 Å². The smallest absolute Gasteiger partial charge is 0.248 e. The van der Waals surface area contributed by atoms with Crippen molar-refractivity contribution in [1.82, 2.24) is 4.31 Å². The van der Waals surface area contributed by atoms with Crippen LogP contribution >= 0.6 is 15.9 Å². The van der Waals surface area contributed by atoms with Crippen LogP contribution in [0, 0.1) is 5.41 Å². The molecule has 1 fully saturated rings. The predicted molar refractivity (Wildman–Crippen MR) is 83.2 cm³/mol. The molecule has 0 radical (unpaired) electrons. The van der Waals surface area contributed by atoms with Gasteiger partial charge in [-0.25, -0.2) is 8.42 Å². The van der Waals surface area contributed by atoms with Crippen LogP contribution in [0.3, 0.4) is 0 Å². The number of sulfonamides is 1. The summed E-state index contributed by atoms with van der Waals surface area (Å²) < 4.78 is 27.3. The Bertz CT molecular complexity index is 677. The number of primary amides is 1. The molecule has 6 nitrogen and oxygen atoms in total. The topological polar surface area (TPSA) is 106 Å². The van der Waals surface area contributed by atoms with Crippen LogP contribution in [0.15, 0.2) is 27.6 Å². The van der Waals surface area contributed by atoms with Gasteiger partial charge in [-0.2, -0.15) is 4.31 Å². The molecular weight excluding hydrogens is 358 g/mol. The van der Waals surface area contributed by atoms with Gasteiger partial charge in [-0.15, -0.1) is 0 Å². The van der Waals surface area contributed by atoms with Gasteiger partial charge in [0.15, 0.2) is 0 Å². The standard InChI is InChI=1S/C13H18BrN3O3S/c1-13(7-15)2-3-17(8-13)21(19,20)11-5-9(12(16)18)4-10(14)6-11/h4-6H,2-3,7-8,15H2,1H3,(H2,16,18). The van der Waals surface area contributed by atoms with Crippen molar-refractivity contribution in [1.29, 1.82) is 0 Å². The van der Waals surface area contributed by atoms with E-state index in [0.717, 1.165) is 6.42 Å². The second-order valence-electron chi connectivity index (χ2n) is 5.64. The van der Waals surface area contributed by atoms with Crippen LogP contribution < -0.4 is 11.5 Å². The maximum absolute atomic E-state index is 12.7. The van der Waals surface area contributed by atoms with Crippen LogP contribution in [0.4, 0.5) is 0 Å². The molecule has 4 N–H and O–H groups in total. The zero-order valence-corrected chi connectivity index (χ0v) is 14.1. The summed E-state index contributed by atoms with van der Waals surface area (Å²) in [4.78, 5) is 11.3. The van der Waals surface area contributed by atoms with Gasteiger partial charge >= 0.3 is 0 Å². The highest BCUT2D eigenvalue weighted by Crippen LogP contribution is 2.33. The number of hydrogen-bond donors (Lipinski definition) is 2. The number of hydrogen-bond acceptors (Lipinski definition) is 4. The molecule has 8 heteroatoms. The van der Waals surface area contributed by atoms with Crippen molar-refractivity contribution in [3.8, 4) is 0 Å². The van der Waals surface area contributed by atoms with Gasteiger partial charge in [-0.1, -0.05) is 22.9 Å². The van der Waals surface area contributed by atoms with Crippen LogP contribution in [-0.4, -0.2) is 38.3 Å². The molecule has 21 heavy (non-hydrogen) atoms. The highest BCUT2D eigenvalue weighted by atomic mass is 79.9. The van der Waals surface area contributed by atoms with Crippen molar-refractivity contribution < 1.29 is 13.2 Å². The Morgan fingerprint density at radius 3 is 2.62 bits per heavy atom. The molecule has 1 saturated heterocycles. The number of halogens is 1. The fourth-order valence-electron chi connectivity index (χ4n) is 2.35. The fraction of sp³-hybridized carbons (Fsp3) is 0.462. The quantitative estimate of drug-likeness (QED) is 0.815. The monoisotopic (exact) mass is 375 g/mol. The van der Waals surface area contributed by atoms with Gasteiger partial charge in [0.1, 0.15) is 0 Å². The second-order valence-corrected chi connectivity index (χ2v) is 8.50. The van der Waals surface area contributed by atoms with Crippen molar-refractivity contribution in [3.05, 3.63) is 28.2 Å². The minimum atomic E-state index is -3.66. The Morgan fingerprint density at radius 2 is 2.10 bits per heavy atom. The fourth-order valence-corrected chi connectivity index (χ4v) is 4.66. The molecule has 0 bridgehead atoms. The summed E-state index contributed by atoms with van der Waals surface area (Å²) in [5.41, 5.74) is 10.9. The summed E-state index contributed by atoms with van der Waals surface area (Å²) in [5, 5.41) is 0. The normalized spacial score (nSPS) is 23.4. The molecule has 1 aliphatic heterocycles. The molecule has 1 amide bonds. The Morgan fingerprint density at radius 1 is 1.43 bits per heavy atom. The van der Waals surface area contributed by atoms with E-state index >= 15 is 0 Å². The lowest BCUT2D eigenvalue weighted by Gasteiger charge is -2.22. The van der Waals surface area contributed by atoms with Crippen molar-refractivity contribution >= 4 is 31.9 Å². The highest BCUT2D eigenvalue weighted by molar-refractivity contribution is 9.10. The summed E-state index contributed by atoms with van der Waals surface area (Å²) in [6.45, 7) is 3.21. The lowest BCUT2D eigenvalue weighted by molar-refractivity contribution is 0.1000. The molecule has 2 rings (SSSR count). The van der Waals surface area contributed by atoms with Gasteiger partial charge in [0.05, 0.1) is 4.90 Å². The lowest BCUT2D eigenvalue weighted by Crippen LogP contribution is -2.34. The zero-order valence-electron chi connectivity index (χ0n) is 11.7. The van der Waals surface area contributed by atoms with Crippen molar-refractivity contribution in [2.45, 2.75) is 18.2 Å². The van der Waals surface area contributed by atoms with E-state index < -0.39 is 15.9 Å². The van der Waals surface area contributed by atoms with E-state index in [9.17, 15) is 13.2 Å². The number of benzene rings is 1. The molecule has 0 spiro atoms. The molecule has 1 aliphatic rings. The minimum absolute atomic E-state index is 0.0620. The number of nitrogens with zero attached hydrogens (tertiary/aromatic N) is 1. The van der Waals surface area contributed by atoms with Gasteiger partial charge in [0.2, 0.25) is 15.9 Å². The Kier molecular flexibility index (Phi) is 4.44. The van der Waals surface area contributed by atoms with Gasteiger partial charge < -0.3 is 11.5 Å². The first-order valence-electron chi connectivity index (χ1n) is 6.49. The second kappa shape index (κ2) is 5.68. The molecule has 1 aromatic rings. The number of carbonyl (C=O) groups excluding carboxylic acids is 1. The van der Waals surface area contributed by atoms with Crippen molar-refractivity contribution in [2.75, 3.05) is 19.6 Å². The van der Waals surface area contributed by atoms with Crippen LogP contribution in [-0.2, 0) is 10.0 Å². The maximum atomic E-state index is 12.7. The average Bonchev–Trinajstić information content (AvgIpc) is 2.82. The number of rotatable bonds is 4. The third kappa shape index (κ3) is 3.28. The molecule has 0 saturated carbocycles. The van der Waals surface area contributed by atoms with Crippen LogP contribution in [0.1, 0.15) is 23.7 Å². The average molecular weight is 376 g/mol. The molecule has 116 valence electrons. The maximum Gasteiger partial charge on any atom is 0.248 e.